The van der Waals surface area contributed by atoms with Crippen molar-refractivity contribution in [2.45, 2.75) is 26.4 Å². The van der Waals surface area contributed by atoms with Crippen LogP contribution >= 0.6 is 11.6 Å². The molecule has 0 saturated heterocycles. The highest BCUT2D eigenvalue weighted by atomic mass is 35.5. The average Bonchev–Trinajstić information content (AvgIpc) is 2.35. The molecule has 2 aromatic rings. The summed E-state index contributed by atoms with van der Waals surface area (Å²) in [5, 5.41) is 13.1. The number of benzene rings is 1. The second-order valence-corrected chi connectivity index (χ2v) is 4.93. The fraction of sp³-hybridized carbons (Fsp3) is 0.286. The monoisotopic (exact) mass is 278 g/mol. The summed E-state index contributed by atoms with van der Waals surface area (Å²) in [5.74, 6) is -0.888. The van der Waals surface area contributed by atoms with Crippen LogP contribution in [0.4, 0.5) is 0 Å². The van der Waals surface area contributed by atoms with Gasteiger partial charge in [-0.3, -0.25) is 4.79 Å². The molecular weight excluding hydrogens is 264 g/mol. The smallest absolute Gasteiger partial charge is 0.320 e. The quantitative estimate of drug-likeness (QED) is 0.844. The van der Waals surface area contributed by atoms with Gasteiger partial charge in [0.15, 0.2) is 0 Å². The van der Waals surface area contributed by atoms with E-state index in [2.05, 4.69) is 10.3 Å². The van der Waals surface area contributed by atoms with Crippen molar-refractivity contribution in [3.63, 3.8) is 0 Å². The average molecular weight is 279 g/mol. The van der Waals surface area contributed by atoms with Gasteiger partial charge in [-0.05, 0) is 31.5 Å². The number of aliphatic carboxylic acids is 1. The van der Waals surface area contributed by atoms with E-state index in [1.807, 2.05) is 31.2 Å². The molecule has 100 valence electrons. The Bertz CT molecular complexity index is 628. The second-order valence-electron chi connectivity index (χ2n) is 4.58. The lowest BCUT2D eigenvalue weighted by molar-refractivity contribution is -0.139. The van der Waals surface area contributed by atoms with Gasteiger partial charge in [0.2, 0.25) is 0 Å². The zero-order valence-electron chi connectivity index (χ0n) is 10.8. The first-order valence-corrected chi connectivity index (χ1v) is 6.37. The Labute approximate surface area is 116 Å². The maximum absolute atomic E-state index is 10.7. The highest BCUT2D eigenvalue weighted by Gasteiger charge is 2.11. The largest absolute Gasteiger partial charge is 0.480 e. The molecule has 0 saturated carbocycles. The minimum Gasteiger partial charge on any atom is -0.480 e. The number of rotatable bonds is 4. The Morgan fingerprint density at radius 3 is 2.89 bits per heavy atom. The first kappa shape index (κ1) is 13.8. The predicted octanol–water partition coefficient (Wildman–Crippen LogP) is 2.76. The summed E-state index contributed by atoms with van der Waals surface area (Å²) in [6.07, 6.45) is 0. The number of hydrogen-bond acceptors (Lipinski definition) is 3. The standard InChI is InChI=1S/C14H15ClN2O2/c1-8-3-4-10-6-11(7-16-9(2)14(18)19)13(15)17-12(10)5-8/h3-6,9,16H,7H2,1-2H3,(H,18,19)/t9-/m1/s1. The SMILES string of the molecule is Cc1ccc2cc(CN[C@H](C)C(=O)O)c(Cl)nc2c1. The Balaban J connectivity index is 2.26. The van der Waals surface area contributed by atoms with Crippen molar-refractivity contribution in [3.8, 4) is 0 Å². The van der Waals surface area contributed by atoms with Crippen LogP contribution in [-0.4, -0.2) is 22.1 Å². The highest BCUT2D eigenvalue weighted by Crippen LogP contribution is 2.21. The Morgan fingerprint density at radius 1 is 1.47 bits per heavy atom. The first-order chi connectivity index (χ1) is 8.97. The highest BCUT2D eigenvalue weighted by molar-refractivity contribution is 6.30. The minimum atomic E-state index is -0.888. The third-order valence-electron chi connectivity index (χ3n) is 2.97. The lowest BCUT2D eigenvalue weighted by atomic mass is 10.1. The third kappa shape index (κ3) is 3.22. The van der Waals surface area contributed by atoms with Crippen molar-refractivity contribution in [1.82, 2.24) is 10.3 Å². The Morgan fingerprint density at radius 2 is 2.21 bits per heavy atom. The molecular formula is C14H15ClN2O2. The summed E-state index contributed by atoms with van der Waals surface area (Å²) in [6.45, 7) is 3.97. The number of carbonyl (C=O) groups is 1. The number of pyridine rings is 1. The van der Waals surface area contributed by atoms with Crippen molar-refractivity contribution in [3.05, 3.63) is 40.5 Å². The maximum Gasteiger partial charge on any atom is 0.320 e. The van der Waals surface area contributed by atoms with Crippen molar-refractivity contribution >= 4 is 28.5 Å². The fourth-order valence-corrected chi connectivity index (χ4v) is 1.98. The molecule has 2 rings (SSSR count). The zero-order valence-corrected chi connectivity index (χ0v) is 11.5. The van der Waals surface area contributed by atoms with Crippen LogP contribution in [0.15, 0.2) is 24.3 Å². The van der Waals surface area contributed by atoms with Gasteiger partial charge in [-0.1, -0.05) is 23.7 Å². The number of carboxylic acid groups (broad SMARTS) is 1. The van der Waals surface area contributed by atoms with Crippen molar-refractivity contribution < 1.29 is 9.90 Å². The second kappa shape index (κ2) is 5.55. The summed E-state index contributed by atoms with van der Waals surface area (Å²) in [7, 11) is 0. The van der Waals surface area contributed by atoms with Crippen molar-refractivity contribution in [2.75, 3.05) is 0 Å². The summed E-state index contributed by atoms with van der Waals surface area (Å²) in [4.78, 5) is 15.1. The number of aryl methyl sites for hydroxylation is 1. The van der Waals surface area contributed by atoms with E-state index in [-0.39, 0.29) is 0 Å². The van der Waals surface area contributed by atoms with Crippen LogP contribution in [0, 0.1) is 6.92 Å². The number of aromatic nitrogens is 1. The molecule has 0 radical (unpaired) electrons. The van der Waals surface area contributed by atoms with Crippen LogP contribution in [0.25, 0.3) is 10.9 Å². The van der Waals surface area contributed by atoms with E-state index >= 15 is 0 Å². The van der Waals surface area contributed by atoms with Gasteiger partial charge in [-0.25, -0.2) is 4.98 Å². The van der Waals surface area contributed by atoms with Gasteiger partial charge in [-0.2, -0.15) is 0 Å². The number of halogens is 1. The molecule has 0 amide bonds. The van der Waals surface area contributed by atoms with Crippen molar-refractivity contribution in [2.24, 2.45) is 0 Å². The normalized spacial score (nSPS) is 12.6. The molecule has 4 nitrogen and oxygen atoms in total. The lowest BCUT2D eigenvalue weighted by Gasteiger charge is -2.11. The molecule has 0 aliphatic heterocycles. The van der Waals surface area contributed by atoms with Gasteiger partial charge in [0.05, 0.1) is 5.52 Å². The molecule has 0 unspecified atom stereocenters. The summed E-state index contributed by atoms with van der Waals surface area (Å²) < 4.78 is 0. The van der Waals surface area contributed by atoms with Crippen LogP contribution in [0.5, 0.6) is 0 Å². The molecule has 0 bridgehead atoms. The summed E-state index contributed by atoms with van der Waals surface area (Å²) in [6, 6.07) is 7.28. The fourth-order valence-electron chi connectivity index (χ4n) is 1.77. The van der Waals surface area contributed by atoms with Crippen LogP contribution in [0.2, 0.25) is 5.15 Å². The molecule has 0 fully saturated rings. The van der Waals surface area contributed by atoms with Crippen LogP contribution in [0.3, 0.4) is 0 Å². The topological polar surface area (TPSA) is 62.2 Å². The molecule has 0 aliphatic carbocycles. The molecule has 1 aromatic carbocycles. The van der Waals surface area contributed by atoms with Gasteiger partial charge in [0.25, 0.3) is 0 Å². The van der Waals surface area contributed by atoms with E-state index in [9.17, 15) is 4.79 Å². The maximum atomic E-state index is 10.7. The van der Waals surface area contributed by atoms with Gasteiger partial charge in [0, 0.05) is 17.5 Å². The van der Waals surface area contributed by atoms with E-state index in [0.29, 0.717) is 11.7 Å². The molecule has 2 N–H and O–H groups in total. The molecule has 0 aliphatic rings. The number of nitrogens with one attached hydrogen (secondary N) is 1. The third-order valence-corrected chi connectivity index (χ3v) is 3.30. The first-order valence-electron chi connectivity index (χ1n) is 5.99. The molecule has 1 aromatic heterocycles. The molecule has 0 spiro atoms. The van der Waals surface area contributed by atoms with Gasteiger partial charge >= 0.3 is 5.97 Å². The molecule has 19 heavy (non-hydrogen) atoms. The zero-order chi connectivity index (χ0) is 14.0. The van der Waals surface area contributed by atoms with E-state index in [1.54, 1.807) is 6.92 Å². The van der Waals surface area contributed by atoms with Crippen LogP contribution < -0.4 is 5.32 Å². The van der Waals surface area contributed by atoms with Gasteiger partial charge in [0.1, 0.15) is 11.2 Å². The van der Waals surface area contributed by atoms with Gasteiger partial charge in [-0.15, -0.1) is 0 Å². The Hall–Kier alpha value is -1.65. The van der Waals surface area contributed by atoms with E-state index in [4.69, 9.17) is 16.7 Å². The lowest BCUT2D eigenvalue weighted by Crippen LogP contribution is -2.33. The molecule has 1 heterocycles. The minimum absolute atomic E-state index is 0.378. The van der Waals surface area contributed by atoms with Crippen molar-refractivity contribution in [1.29, 1.82) is 0 Å². The number of nitrogens with zero attached hydrogens (tertiary/aromatic N) is 1. The number of fused-ring (bicyclic) bond motifs is 1. The summed E-state index contributed by atoms with van der Waals surface area (Å²) >= 11 is 6.12. The van der Waals surface area contributed by atoms with E-state index < -0.39 is 12.0 Å². The Kier molecular flexibility index (Phi) is 4.02. The number of hydrogen-bond donors (Lipinski definition) is 2. The van der Waals surface area contributed by atoms with Crippen LogP contribution in [-0.2, 0) is 11.3 Å². The van der Waals surface area contributed by atoms with Gasteiger partial charge < -0.3 is 10.4 Å². The van der Waals surface area contributed by atoms with Crippen LogP contribution in [0.1, 0.15) is 18.1 Å². The predicted molar refractivity (Wildman–Crippen MR) is 75.4 cm³/mol. The van der Waals surface area contributed by atoms with E-state index in [1.165, 1.54) is 0 Å². The summed E-state index contributed by atoms with van der Waals surface area (Å²) in [5.41, 5.74) is 2.77. The number of carboxylic acids is 1. The molecule has 1 atom stereocenters. The van der Waals surface area contributed by atoms with E-state index in [0.717, 1.165) is 22.0 Å². The molecule has 5 heteroatoms.